The first kappa shape index (κ1) is 35.4. The first-order valence-corrected chi connectivity index (χ1v) is 17.2. The van der Waals surface area contributed by atoms with Crippen molar-refractivity contribution < 1.29 is 23.0 Å². The van der Waals surface area contributed by atoms with Gasteiger partial charge in [0.15, 0.2) is 28.3 Å². The molecule has 48 heavy (non-hydrogen) atoms. The number of piperidine rings is 1. The Labute approximate surface area is 285 Å². The smallest absolute Gasteiger partial charge is 0.229 e. The monoisotopic (exact) mass is 680 g/mol. The van der Waals surface area contributed by atoms with E-state index in [1.54, 1.807) is 13.3 Å². The highest BCUT2D eigenvalue weighted by atomic mass is 32.1. The number of methoxy groups -OCH3 is 1. The number of likely N-dealkylation sites (tertiary alicyclic amines) is 1. The van der Waals surface area contributed by atoms with Crippen LogP contribution in [0.1, 0.15) is 59.3 Å². The van der Waals surface area contributed by atoms with Gasteiger partial charge in [0, 0.05) is 29.1 Å². The number of amides is 1. The van der Waals surface area contributed by atoms with Crippen LogP contribution in [0.25, 0.3) is 10.9 Å². The molecule has 0 spiro atoms. The summed E-state index contributed by atoms with van der Waals surface area (Å²) in [5.41, 5.74) is 1.01. The molecule has 4 aromatic rings. The standard InChI is InChI=1S/C36H46F2N6O3S/c1-35(2,3)32(36(4,5)6)22-11-13-44(14-12-22)15-16-47-29-19-27-24(18-28(29)46-7)33(41-21-40-27)43-34-39-20-23(48-34)17-30(45)42-26-10-8-9-25(37)31(26)38/h8-10,18-22,32H,11-17H2,1-7H3,(H,42,45)(H,39,40,41,43). The molecule has 0 saturated carbocycles. The van der Waals surface area contributed by atoms with Crippen LogP contribution in [0.15, 0.2) is 42.9 Å². The molecule has 3 heterocycles. The van der Waals surface area contributed by atoms with Gasteiger partial charge in [-0.25, -0.2) is 23.7 Å². The second-order valence-electron chi connectivity index (χ2n) is 14.6. The molecule has 9 nitrogen and oxygen atoms in total. The fourth-order valence-electron chi connectivity index (χ4n) is 7.45. The number of hydrogen-bond acceptors (Lipinski definition) is 9. The van der Waals surface area contributed by atoms with Gasteiger partial charge in [-0.3, -0.25) is 9.69 Å². The summed E-state index contributed by atoms with van der Waals surface area (Å²) in [4.78, 5) is 28.8. The molecule has 2 N–H and O–H groups in total. The second-order valence-corrected chi connectivity index (χ2v) is 15.7. The first-order valence-electron chi connectivity index (χ1n) is 16.4. The molecule has 0 atom stereocenters. The summed E-state index contributed by atoms with van der Waals surface area (Å²) in [5, 5.41) is 6.83. The summed E-state index contributed by atoms with van der Waals surface area (Å²) in [6.45, 7) is 17.8. The van der Waals surface area contributed by atoms with Crippen molar-refractivity contribution in [3.05, 3.63) is 59.4 Å². The lowest BCUT2D eigenvalue weighted by Gasteiger charge is -2.48. The maximum Gasteiger partial charge on any atom is 0.229 e. The van der Waals surface area contributed by atoms with E-state index in [0.29, 0.717) is 50.8 Å². The van der Waals surface area contributed by atoms with Gasteiger partial charge in [0.1, 0.15) is 18.8 Å². The number of halogens is 2. The van der Waals surface area contributed by atoms with E-state index in [-0.39, 0.29) is 22.9 Å². The third-order valence-corrected chi connectivity index (χ3v) is 9.81. The van der Waals surface area contributed by atoms with E-state index in [4.69, 9.17) is 9.47 Å². The van der Waals surface area contributed by atoms with Crippen molar-refractivity contribution in [3.8, 4) is 11.5 Å². The topological polar surface area (TPSA) is 102 Å². The van der Waals surface area contributed by atoms with Crippen LogP contribution in [0.5, 0.6) is 11.5 Å². The number of carbonyl (C=O) groups is 1. The van der Waals surface area contributed by atoms with Crippen molar-refractivity contribution >= 4 is 44.8 Å². The first-order chi connectivity index (χ1) is 22.7. The number of anilines is 3. The van der Waals surface area contributed by atoms with Crippen LogP contribution < -0.4 is 20.1 Å². The molecule has 1 aliphatic heterocycles. The summed E-state index contributed by atoms with van der Waals surface area (Å²) >= 11 is 1.25. The molecular formula is C36H46F2N6O3S. The van der Waals surface area contributed by atoms with Crippen LogP contribution in [-0.2, 0) is 11.2 Å². The van der Waals surface area contributed by atoms with Gasteiger partial charge in [0.25, 0.3) is 0 Å². The van der Waals surface area contributed by atoms with Crippen molar-refractivity contribution in [2.24, 2.45) is 22.7 Å². The van der Waals surface area contributed by atoms with Gasteiger partial charge < -0.3 is 20.1 Å². The van der Waals surface area contributed by atoms with Crippen LogP contribution in [0.3, 0.4) is 0 Å². The maximum atomic E-state index is 13.9. The number of hydrogen-bond donors (Lipinski definition) is 2. The zero-order chi connectivity index (χ0) is 34.6. The summed E-state index contributed by atoms with van der Waals surface area (Å²) in [6, 6.07) is 7.33. The Balaban J connectivity index is 1.18. The molecule has 258 valence electrons. The quantitative estimate of drug-likeness (QED) is 0.164. The van der Waals surface area contributed by atoms with E-state index in [9.17, 15) is 13.6 Å². The number of nitrogens with zero attached hydrogens (tertiary/aromatic N) is 4. The number of ether oxygens (including phenoxy) is 2. The fourth-order valence-corrected chi connectivity index (χ4v) is 8.26. The molecule has 1 saturated heterocycles. The van der Waals surface area contributed by atoms with Crippen molar-refractivity contribution in [2.75, 3.05) is 44.0 Å². The largest absolute Gasteiger partial charge is 0.493 e. The number of fused-ring (bicyclic) bond motifs is 1. The van der Waals surface area contributed by atoms with Gasteiger partial charge in [0.05, 0.1) is 24.7 Å². The Morgan fingerprint density at radius 1 is 1.04 bits per heavy atom. The number of nitrogens with one attached hydrogen (secondary N) is 2. The summed E-state index contributed by atoms with van der Waals surface area (Å²) in [6.07, 6.45) is 5.37. The normalized spacial score (nSPS) is 14.8. The van der Waals surface area contributed by atoms with Crippen LogP contribution in [0, 0.1) is 34.3 Å². The molecule has 1 aliphatic rings. The SMILES string of the molecule is COc1cc2c(Nc3ncc(CC(=O)Nc4cccc(F)c4F)s3)ncnc2cc1OCCN1CCC(C(C(C)(C)C)C(C)(C)C)CC1. The molecule has 12 heteroatoms. The van der Waals surface area contributed by atoms with E-state index < -0.39 is 17.5 Å². The van der Waals surface area contributed by atoms with Crippen LogP contribution in [0.4, 0.5) is 25.4 Å². The lowest BCUT2D eigenvalue weighted by molar-refractivity contribution is -0.115. The van der Waals surface area contributed by atoms with Crippen LogP contribution in [0.2, 0.25) is 0 Å². The molecule has 5 rings (SSSR count). The minimum absolute atomic E-state index is 0.0549. The molecule has 0 radical (unpaired) electrons. The maximum absolute atomic E-state index is 13.9. The van der Waals surface area contributed by atoms with E-state index in [1.165, 1.54) is 42.6 Å². The Hall–Kier alpha value is -3.90. The van der Waals surface area contributed by atoms with Crippen LogP contribution in [-0.4, -0.2) is 59.1 Å². The van der Waals surface area contributed by atoms with E-state index in [1.807, 2.05) is 12.1 Å². The van der Waals surface area contributed by atoms with Gasteiger partial charge in [0.2, 0.25) is 5.91 Å². The predicted octanol–water partition coefficient (Wildman–Crippen LogP) is 8.10. The second kappa shape index (κ2) is 14.7. The molecule has 2 aromatic carbocycles. The molecule has 0 unspecified atom stereocenters. The Morgan fingerprint density at radius 2 is 1.77 bits per heavy atom. The van der Waals surface area contributed by atoms with Gasteiger partial charge in [-0.15, -0.1) is 11.3 Å². The third-order valence-electron chi connectivity index (χ3n) is 8.89. The molecule has 1 amide bonds. The number of rotatable bonds is 11. The summed E-state index contributed by atoms with van der Waals surface area (Å²) in [7, 11) is 1.60. The van der Waals surface area contributed by atoms with E-state index in [2.05, 4.69) is 72.0 Å². The predicted molar refractivity (Wildman–Crippen MR) is 187 cm³/mol. The van der Waals surface area contributed by atoms with Crippen molar-refractivity contribution in [3.63, 3.8) is 0 Å². The highest BCUT2D eigenvalue weighted by Gasteiger charge is 2.41. The Bertz CT molecular complexity index is 1710. The minimum Gasteiger partial charge on any atom is -0.493 e. The van der Waals surface area contributed by atoms with Crippen molar-refractivity contribution in [2.45, 2.75) is 60.8 Å². The molecule has 0 aliphatic carbocycles. The highest BCUT2D eigenvalue weighted by molar-refractivity contribution is 7.15. The lowest BCUT2D eigenvalue weighted by Crippen LogP contribution is -2.45. The zero-order valence-corrected chi connectivity index (χ0v) is 29.6. The molecule has 0 bridgehead atoms. The third kappa shape index (κ3) is 8.57. The van der Waals surface area contributed by atoms with Gasteiger partial charge >= 0.3 is 0 Å². The number of aromatic nitrogens is 3. The van der Waals surface area contributed by atoms with Crippen LogP contribution >= 0.6 is 11.3 Å². The fraction of sp³-hybridized carbons (Fsp3) is 0.500. The van der Waals surface area contributed by atoms with E-state index >= 15 is 0 Å². The van der Waals surface area contributed by atoms with Crippen molar-refractivity contribution in [1.82, 2.24) is 19.9 Å². The Morgan fingerprint density at radius 3 is 2.46 bits per heavy atom. The summed E-state index contributed by atoms with van der Waals surface area (Å²) < 4.78 is 39.4. The Kier molecular flexibility index (Phi) is 10.8. The molecule has 1 fully saturated rings. The molecular weight excluding hydrogens is 634 g/mol. The van der Waals surface area contributed by atoms with Gasteiger partial charge in [-0.2, -0.15) is 0 Å². The summed E-state index contributed by atoms with van der Waals surface area (Å²) in [5.74, 6) is 0.469. The minimum atomic E-state index is -1.10. The lowest BCUT2D eigenvalue weighted by atomic mass is 9.59. The zero-order valence-electron chi connectivity index (χ0n) is 28.8. The number of thiazole rings is 1. The van der Waals surface area contributed by atoms with Crippen molar-refractivity contribution in [1.29, 1.82) is 0 Å². The average molecular weight is 681 g/mol. The van der Waals surface area contributed by atoms with Gasteiger partial charge in [-0.1, -0.05) is 47.6 Å². The number of carbonyl (C=O) groups excluding carboxylic acids is 1. The molecule has 2 aromatic heterocycles. The van der Waals surface area contributed by atoms with Gasteiger partial charge in [-0.05, 0) is 66.8 Å². The highest BCUT2D eigenvalue weighted by Crippen LogP contribution is 2.47. The van der Waals surface area contributed by atoms with E-state index in [0.717, 1.165) is 31.6 Å². The number of benzene rings is 2. The average Bonchev–Trinajstić information content (AvgIpc) is 3.45.